The van der Waals surface area contributed by atoms with Crippen LogP contribution in [-0.4, -0.2) is 23.9 Å². The van der Waals surface area contributed by atoms with Gasteiger partial charge in [-0.1, -0.05) is 109 Å². The number of imidazole rings is 1. The van der Waals surface area contributed by atoms with E-state index in [0.29, 0.717) is 11.9 Å². The van der Waals surface area contributed by atoms with Crippen LogP contribution in [0.15, 0.2) is 157 Å². The maximum absolute atomic E-state index is 13.6. The van der Waals surface area contributed by atoms with Gasteiger partial charge in [0.1, 0.15) is 11.4 Å². The fraction of sp³-hybridized carbons (Fsp3) is 0.0811. The maximum Gasteiger partial charge on any atom is 0.416 e. The van der Waals surface area contributed by atoms with Gasteiger partial charge in [0.05, 0.1) is 28.3 Å². The summed E-state index contributed by atoms with van der Waals surface area (Å²) in [6.45, 7) is -0.0329. The molecule has 5 aromatic carbocycles. The van der Waals surface area contributed by atoms with Crippen LogP contribution in [0.25, 0.3) is 0 Å². The van der Waals surface area contributed by atoms with Crippen LogP contribution in [0.3, 0.4) is 0 Å². The van der Waals surface area contributed by atoms with Crippen LogP contribution in [0, 0.1) is 0 Å². The van der Waals surface area contributed by atoms with E-state index < -0.39 is 38.1 Å². The van der Waals surface area contributed by atoms with Gasteiger partial charge >= 0.3 is 6.18 Å². The van der Waals surface area contributed by atoms with Crippen molar-refractivity contribution in [2.24, 2.45) is 0 Å². The molecule has 0 spiro atoms. The Labute approximate surface area is 275 Å². The van der Waals surface area contributed by atoms with Gasteiger partial charge in [-0.15, -0.1) is 0 Å². The van der Waals surface area contributed by atoms with Crippen molar-refractivity contribution in [3.63, 3.8) is 0 Å². The maximum atomic E-state index is 13.6. The molecule has 2 N–H and O–H groups in total. The van der Waals surface area contributed by atoms with E-state index in [1.807, 2.05) is 102 Å². The molecule has 48 heavy (non-hydrogen) atoms. The Bertz CT molecular complexity index is 2040. The molecular formula is C37H29F3N4O3S. The molecule has 0 aliphatic carbocycles. The van der Waals surface area contributed by atoms with Crippen LogP contribution in [0.1, 0.15) is 38.4 Å². The highest BCUT2D eigenvalue weighted by Crippen LogP contribution is 2.41. The largest absolute Gasteiger partial charge is 0.416 e. The normalized spacial score (nSPS) is 12.0. The van der Waals surface area contributed by atoms with Crippen LogP contribution < -0.4 is 10.0 Å². The lowest BCUT2D eigenvalue weighted by Crippen LogP contribution is -2.39. The Kier molecular flexibility index (Phi) is 8.88. The molecule has 6 aromatic rings. The summed E-state index contributed by atoms with van der Waals surface area (Å²) < 4.78 is 70.4. The predicted molar refractivity (Wildman–Crippen MR) is 177 cm³/mol. The Morgan fingerprint density at radius 2 is 1.21 bits per heavy atom. The number of halogens is 3. The molecule has 6 rings (SSSR count). The molecule has 1 amide bonds. The molecule has 0 atom stereocenters. The fourth-order valence-corrected chi connectivity index (χ4v) is 6.92. The summed E-state index contributed by atoms with van der Waals surface area (Å²) in [6, 6.07) is 39.1. The lowest BCUT2D eigenvalue weighted by molar-refractivity contribution is -0.137. The first kappa shape index (κ1) is 32.3. The molecule has 0 unspecified atom stereocenters. The zero-order chi connectivity index (χ0) is 33.8. The average Bonchev–Trinajstić information content (AvgIpc) is 3.58. The lowest BCUT2D eigenvalue weighted by Gasteiger charge is -2.38. The summed E-state index contributed by atoms with van der Waals surface area (Å²) in [5.74, 6) is -0.0986. The van der Waals surface area contributed by atoms with E-state index in [2.05, 4.69) is 15.0 Å². The van der Waals surface area contributed by atoms with Crippen molar-refractivity contribution < 1.29 is 26.4 Å². The predicted octanol–water partition coefficient (Wildman–Crippen LogP) is 7.47. The molecule has 242 valence electrons. The van der Waals surface area contributed by atoms with Gasteiger partial charge in [-0.25, -0.2) is 13.4 Å². The second-order valence-electron chi connectivity index (χ2n) is 10.9. The molecule has 0 bridgehead atoms. The van der Waals surface area contributed by atoms with Crippen molar-refractivity contribution in [2.45, 2.75) is 23.2 Å². The molecule has 0 fully saturated rings. The average molecular weight is 667 g/mol. The molecule has 1 aromatic heterocycles. The summed E-state index contributed by atoms with van der Waals surface area (Å²) in [6.07, 6.45) is -1.22. The van der Waals surface area contributed by atoms with Crippen LogP contribution in [0.4, 0.5) is 18.9 Å². The monoisotopic (exact) mass is 666 g/mol. The number of para-hydroxylation sites is 1. The van der Waals surface area contributed by atoms with Crippen LogP contribution in [0.2, 0.25) is 0 Å². The number of hydrogen-bond donors (Lipinski definition) is 2. The first-order valence-electron chi connectivity index (χ1n) is 14.9. The molecule has 0 saturated carbocycles. The summed E-state index contributed by atoms with van der Waals surface area (Å²) >= 11 is 0. The Morgan fingerprint density at radius 1 is 0.688 bits per heavy atom. The number of amides is 1. The Balaban J connectivity index is 1.34. The number of benzene rings is 5. The van der Waals surface area contributed by atoms with Gasteiger partial charge in [0.2, 0.25) is 0 Å². The quantitative estimate of drug-likeness (QED) is 0.148. The highest BCUT2D eigenvalue weighted by molar-refractivity contribution is 7.92. The lowest BCUT2D eigenvalue weighted by atomic mass is 9.76. The number of sulfonamides is 1. The summed E-state index contributed by atoms with van der Waals surface area (Å²) in [7, 11) is -4.47. The first-order valence-corrected chi connectivity index (χ1v) is 16.4. The third-order valence-electron chi connectivity index (χ3n) is 7.95. The van der Waals surface area contributed by atoms with Crippen LogP contribution >= 0.6 is 0 Å². The molecule has 0 radical (unpaired) electrons. The van der Waals surface area contributed by atoms with Gasteiger partial charge in [0.25, 0.3) is 15.9 Å². The molecule has 11 heteroatoms. The molecule has 0 aliphatic heterocycles. The van der Waals surface area contributed by atoms with Crippen molar-refractivity contribution in [3.8, 4) is 0 Å². The number of anilines is 1. The minimum Gasteiger partial charge on any atom is -0.345 e. The smallest absolute Gasteiger partial charge is 0.345 e. The van der Waals surface area contributed by atoms with Crippen molar-refractivity contribution in [3.05, 3.63) is 186 Å². The number of aromatic nitrogens is 2. The van der Waals surface area contributed by atoms with Crippen LogP contribution in [-0.2, 0) is 28.3 Å². The minimum absolute atomic E-state index is 0.0217. The number of nitrogens with one attached hydrogen (secondary N) is 2. The standard InChI is InChI=1S/C37H29F3N4O3S/c38-37(39,40)30-19-12-20-31(25-30)48(46,47)43-33-22-11-10-21-32(33)35(45)42-26-34-41-23-24-44(34)36(27-13-4-1-5-14-27,28-15-6-2-7-16-28)29-17-8-3-9-18-29/h1-25,43H,26H2,(H,42,45). The van der Waals surface area contributed by atoms with Crippen molar-refractivity contribution in [1.82, 2.24) is 14.9 Å². The SMILES string of the molecule is O=C(NCc1nccn1C(c1ccccc1)(c1ccccc1)c1ccccc1)c1ccccc1NS(=O)(=O)c1cccc(C(F)(F)F)c1. The zero-order valence-electron chi connectivity index (χ0n) is 25.3. The number of nitrogens with zero attached hydrogens (tertiary/aromatic N) is 2. The van der Waals surface area contributed by atoms with Gasteiger partial charge in [-0.05, 0) is 47.0 Å². The third-order valence-corrected chi connectivity index (χ3v) is 9.31. The number of hydrogen-bond acceptors (Lipinski definition) is 4. The van der Waals surface area contributed by atoms with Gasteiger partial charge in [0.15, 0.2) is 0 Å². The highest BCUT2D eigenvalue weighted by Gasteiger charge is 2.39. The van der Waals surface area contributed by atoms with Gasteiger partial charge in [-0.2, -0.15) is 13.2 Å². The molecule has 7 nitrogen and oxygen atoms in total. The number of carbonyl (C=O) groups is 1. The van der Waals surface area contributed by atoms with E-state index in [9.17, 15) is 26.4 Å². The second-order valence-corrected chi connectivity index (χ2v) is 12.6. The Morgan fingerprint density at radius 3 is 1.77 bits per heavy atom. The molecule has 0 saturated heterocycles. The summed E-state index contributed by atoms with van der Waals surface area (Å²) in [5.41, 5.74) is 0.782. The van der Waals surface area contributed by atoms with Crippen molar-refractivity contribution in [2.75, 3.05) is 4.72 Å². The van der Waals surface area contributed by atoms with E-state index in [1.165, 1.54) is 18.2 Å². The third kappa shape index (κ3) is 6.32. The van der Waals surface area contributed by atoms with E-state index >= 15 is 0 Å². The number of alkyl halides is 3. The topological polar surface area (TPSA) is 93.1 Å². The van der Waals surface area contributed by atoms with Crippen LogP contribution in [0.5, 0.6) is 0 Å². The van der Waals surface area contributed by atoms with Gasteiger partial charge in [0, 0.05) is 12.4 Å². The molecular weight excluding hydrogens is 637 g/mol. The van der Waals surface area contributed by atoms with E-state index in [-0.39, 0.29) is 17.8 Å². The van der Waals surface area contributed by atoms with Gasteiger partial charge < -0.3 is 9.88 Å². The summed E-state index contributed by atoms with van der Waals surface area (Å²) in [5, 5.41) is 2.86. The second kappa shape index (κ2) is 13.2. The first-order chi connectivity index (χ1) is 23.1. The molecule has 1 heterocycles. The number of rotatable bonds is 10. The Hall–Kier alpha value is -5.68. The van der Waals surface area contributed by atoms with E-state index in [0.717, 1.165) is 34.9 Å². The van der Waals surface area contributed by atoms with E-state index in [4.69, 9.17) is 0 Å². The highest BCUT2D eigenvalue weighted by atomic mass is 32.2. The molecule has 0 aliphatic rings. The minimum atomic E-state index is -4.73. The zero-order valence-corrected chi connectivity index (χ0v) is 26.1. The van der Waals surface area contributed by atoms with E-state index in [1.54, 1.807) is 12.3 Å². The fourth-order valence-electron chi connectivity index (χ4n) is 5.79. The van der Waals surface area contributed by atoms with Gasteiger partial charge in [-0.3, -0.25) is 9.52 Å². The summed E-state index contributed by atoms with van der Waals surface area (Å²) in [4.78, 5) is 17.6. The van der Waals surface area contributed by atoms with Crippen molar-refractivity contribution >= 4 is 21.6 Å². The number of carbonyl (C=O) groups excluding carboxylic acids is 1. The van der Waals surface area contributed by atoms with Crippen molar-refractivity contribution in [1.29, 1.82) is 0 Å².